The van der Waals surface area contributed by atoms with E-state index in [1.165, 1.54) is 23.6 Å². The summed E-state index contributed by atoms with van der Waals surface area (Å²) in [5, 5.41) is 3.66. The molecular formula is C13H17Br2NS. The van der Waals surface area contributed by atoms with Crippen LogP contribution in [-0.4, -0.2) is 17.5 Å². The lowest BCUT2D eigenvalue weighted by atomic mass is 9.88. The van der Waals surface area contributed by atoms with Crippen molar-refractivity contribution in [1.29, 1.82) is 0 Å². The largest absolute Gasteiger partial charge is 0.380 e. The Bertz CT molecular complexity index is 386. The molecule has 1 N–H and O–H groups in total. The zero-order chi connectivity index (χ0) is 12.5. The molecule has 1 nitrogen and oxygen atoms in total. The van der Waals surface area contributed by atoms with Crippen molar-refractivity contribution in [1.82, 2.24) is 0 Å². The normalized spacial score (nSPS) is 23.4. The third-order valence-electron chi connectivity index (χ3n) is 2.92. The van der Waals surface area contributed by atoms with Gasteiger partial charge in [0.2, 0.25) is 0 Å². The zero-order valence-corrected chi connectivity index (χ0v) is 14.1. The van der Waals surface area contributed by atoms with Gasteiger partial charge >= 0.3 is 0 Å². The molecule has 94 valence electrons. The first-order chi connectivity index (χ1) is 7.98. The first kappa shape index (κ1) is 13.8. The second kappa shape index (κ2) is 5.54. The molecule has 1 fully saturated rings. The van der Waals surface area contributed by atoms with Gasteiger partial charge in [0.15, 0.2) is 0 Å². The monoisotopic (exact) mass is 377 g/mol. The molecule has 4 heteroatoms. The molecular weight excluding hydrogens is 362 g/mol. The Kier molecular flexibility index (Phi) is 4.48. The van der Waals surface area contributed by atoms with Crippen LogP contribution in [0.4, 0.5) is 5.69 Å². The Balaban J connectivity index is 2.10. The Morgan fingerprint density at radius 1 is 1.29 bits per heavy atom. The second-order valence-electron chi connectivity index (χ2n) is 5.32. The van der Waals surface area contributed by atoms with Gasteiger partial charge in [-0.1, -0.05) is 19.9 Å². The van der Waals surface area contributed by atoms with E-state index in [1.807, 2.05) is 17.8 Å². The van der Waals surface area contributed by atoms with Gasteiger partial charge in [-0.25, -0.2) is 0 Å². The maximum absolute atomic E-state index is 3.66. The van der Waals surface area contributed by atoms with Crippen LogP contribution in [0.15, 0.2) is 27.1 Å². The summed E-state index contributed by atoms with van der Waals surface area (Å²) in [6, 6.07) is 6.75. The predicted octanol–water partition coefficient (Wildman–Crippen LogP) is 5.16. The lowest BCUT2D eigenvalue weighted by Gasteiger charge is -2.36. The summed E-state index contributed by atoms with van der Waals surface area (Å²) in [5.41, 5.74) is 1.62. The van der Waals surface area contributed by atoms with E-state index in [1.54, 1.807) is 0 Å². The SMILES string of the molecule is CC1(C)CSCC(Nc2c(Br)cccc2Br)C1. The van der Waals surface area contributed by atoms with Crippen LogP contribution in [-0.2, 0) is 0 Å². The van der Waals surface area contributed by atoms with Gasteiger partial charge in [-0.3, -0.25) is 0 Å². The molecule has 0 amide bonds. The van der Waals surface area contributed by atoms with E-state index >= 15 is 0 Å². The quantitative estimate of drug-likeness (QED) is 0.763. The number of hydrogen-bond donors (Lipinski definition) is 1. The van der Waals surface area contributed by atoms with E-state index in [0.717, 1.165) is 8.95 Å². The first-order valence-corrected chi connectivity index (χ1v) is 8.50. The summed E-state index contributed by atoms with van der Waals surface area (Å²) in [6.07, 6.45) is 1.23. The molecule has 1 unspecified atom stereocenters. The summed E-state index contributed by atoms with van der Waals surface area (Å²) in [7, 11) is 0. The maximum Gasteiger partial charge on any atom is 0.0631 e. The predicted molar refractivity (Wildman–Crippen MR) is 85.0 cm³/mol. The van der Waals surface area contributed by atoms with Crippen molar-refractivity contribution in [3.05, 3.63) is 27.1 Å². The fourth-order valence-corrected chi connectivity index (χ4v) is 4.70. The van der Waals surface area contributed by atoms with E-state index in [9.17, 15) is 0 Å². The van der Waals surface area contributed by atoms with Crippen LogP contribution in [0.1, 0.15) is 20.3 Å². The fraction of sp³-hybridized carbons (Fsp3) is 0.538. The topological polar surface area (TPSA) is 12.0 Å². The number of thioether (sulfide) groups is 1. The van der Waals surface area contributed by atoms with Gasteiger partial charge in [0.25, 0.3) is 0 Å². The molecule has 0 aromatic heterocycles. The Labute approximate surface area is 124 Å². The minimum atomic E-state index is 0.439. The molecule has 2 rings (SSSR count). The molecule has 0 aliphatic carbocycles. The Morgan fingerprint density at radius 2 is 1.94 bits per heavy atom. The van der Waals surface area contributed by atoms with Crippen LogP contribution in [0.3, 0.4) is 0 Å². The van der Waals surface area contributed by atoms with E-state index in [2.05, 4.69) is 63.2 Å². The Morgan fingerprint density at radius 3 is 2.53 bits per heavy atom. The second-order valence-corrected chi connectivity index (χ2v) is 8.06. The number of benzene rings is 1. The minimum Gasteiger partial charge on any atom is -0.380 e. The smallest absolute Gasteiger partial charge is 0.0631 e. The third-order valence-corrected chi connectivity index (χ3v) is 5.87. The first-order valence-electron chi connectivity index (χ1n) is 5.76. The van der Waals surface area contributed by atoms with Gasteiger partial charge in [0.1, 0.15) is 0 Å². The van der Waals surface area contributed by atoms with Crippen molar-refractivity contribution in [2.75, 3.05) is 16.8 Å². The highest BCUT2D eigenvalue weighted by Gasteiger charge is 2.28. The molecule has 1 aliphatic heterocycles. The molecule has 0 radical (unpaired) electrons. The van der Waals surface area contributed by atoms with E-state index in [0.29, 0.717) is 11.5 Å². The maximum atomic E-state index is 3.66. The molecule has 1 aromatic carbocycles. The number of para-hydroxylation sites is 1. The summed E-state index contributed by atoms with van der Waals surface area (Å²) >= 11 is 9.25. The van der Waals surface area contributed by atoms with Crippen molar-refractivity contribution in [3.63, 3.8) is 0 Å². The molecule has 1 atom stereocenters. The van der Waals surface area contributed by atoms with Gasteiger partial charge in [-0.15, -0.1) is 0 Å². The summed E-state index contributed by atoms with van der Waals surface area (Å²) in [4.78, 5) is 0. The molecule has 0 saturated carbocycles. The van der Waals surface area contributed by atoms with Crippen LogP contribution in [0.25, 0.3) is 0 Å². The van der Waals surface area contributed by atoms with Crippen LogP contribution < -0.4 is 5.32 Å². The van der Waals surface area contributed by atoms with Crippen molar-refractivity contribution in [2.45, 2.75) is 26.3 Å². The lowest BCUT2D eigenvalue weighted by molar-refractivity contribution is 0.358. The zero-order valence-electron chi connectivity index (χ0n) is 10.1. The number of halogens is 2. The van der Waals surface area contributed by atoms with Gasteiger partial charge in [0, 0.05) is 20.7 Å². The van der Waals surface area contributed by atoms with E-state index in [4.69, 9.17) is 0 Å². The van der Waals surface area contributed by atoms with Gasteiger partial charge in [-0.05, 0) is 61.6 Å². The molecule has 0 bridgehead atoms. The third kappa shape index (κ3) is 3.65. The number of anilines is 1. The van der Waals surface area contributed by atoms with Crippen molar-refractivity contribution < 1.29 is 0 Å². The van der Waals surface area contributed by atoms with Gasteiger partial charge < -0.3 is 5.32 Å². The van der Waals surface area contributed by atoms with Crippen molar-refractivity contribution >= 4 is 49.3 Å². The van der Waals surface area contributed by atoms with Crippen molar-refractivity contribution in [3.8, 4) is 0 Å². The standard InChI is InChI=1S/C13H17Br2NS/c1-13(2)6-9(7-17-8-13)16-12-10(14)4-3-5-11(12)15/h3-5,9,16H,6-8H2,1-2H3. The van der Waals surface area contributed by atoms with Crippen molar-refractivity contribution in [2.24, 2.45) is 5.41 Å². The molecule has 1 aliphatic rings. The average Bonchev–Trinajstić information content (AvgIpc) is 2.22. The van der Waals surface area contributed by atoms with E-state index in [-0.39, 0.29) is 0 Å². The van der Waals surface area contributed by atoms with Crippen LogP contribution >= 0.6 is 43.6 Å². The highest BCUT2D eigenvalue weighted by Crippen LogP contribution is 2.37. The average molecular weight is 379 g/mol. The number of rotatable bonds is 2. The van der Waals surface area contributed by atoms with E-state index < -0.39 is 0 Å². The summed E-state index contributed by atoms with van der Waals surface area (Å²) < 4.78 is 2.25. The molecule has 1 saturated heterocycles. The van der Waals surface area contributed by atoms with Crippen LogP contribution in [0.5, 0.6) is 0 Å². The molecule has 0 spiro atoms. The number of hydrogen-bond acceptors (Lipinski definition) is 2. The highest BCUT2D eigenvalue weighted by atomic mass is 79.9. The summed E-state index contributed by atoms with van der Waals surface area (Å²) in [5.74, 6) is 2.46. The fourth-order valence-electron chi connectivity index (χ4n) is 2.19. The van der Waals surface area contributed by atoms with Gasteiger partial charge in [0.05, 0.1) is 5.69 Å². The van der Waals surface area contributed by atoms with Crippen LogP contribution in [0, 0.1) is 5.41 Å². The lowest BCUT2D eigenvalue weighted by Crippen LogP contribution is -2.35. The highest BCUT2D eigenvalue weighted by molar-refractivity contribution is 9.11. The molecule has 1 aromatic rings. The minimum absolute atomic E-state index is 0.439. The number of nitrogens with one attached hydrogen (secondary N) is 1. The molecule has 17 heavy (non-hydrogen) atoms. The summed E-state index contributed by atoms with van der Waals surface area (Å²) in [6.45, 7) is 4.70. The van der Waals surface area contributed by atoms with Crippen LogP contribution in [0.2, 0.25) is 0 Å². The van der Waals surface area contributed by atoms with Gasteiger partial charge in [-0.2, -0.15) is 11.8 Å². The Hall–Kier alpha value is 0.330. The molecule has 1 heterocycles.